The maximum atomic E-state index is 6.76. The SMILES string of the molecule is C1=CC(c2cccc(-c3nc(-n4c5c(c6c7oc8ccccc8c7ccc64)C=C(c4cccc6c4oc4ccccc46)CC5)nc4c3=CCCC=4)c2)=CCC1. The molecule has 3 aliphatic carbocycles. The number of fused-ring (bicyclic) bond motifs is 11. The number of hydrogen-bond donors (Lipinski definition) is 0. The average Bonchev–Trinajstić information content (AvgIpc) is 3.93. The van der Waals surface area contributed by atoms with E-state index in [9.17, 15) is 0 Å². The number of aromatic nitrogens is 3. The van der Waals surface area contributed by atoms with Crippen LogP contribution in [0.1, 0.15) is 54.5 Å². The van der Waals surface area contributed by atoms with Crippen LogP contribution in [-0.2, 0) is 6.42 Å². The van der Waals surface area contributed by atoms with E-state index in [1.54, 1.807) is 0 Å². The Morgan fingerprint density at radius 3 is 2.20 bits per heavy atom. The highest BCUT2D eigenvalue weighted by atomic mass is 16.3. The van der Waals surface area contributed by atoms with Crippen LogP contribution in [0.2, 0.25) is 0 Å². The van der Waals surface area contributed by atoms with Gasteiger partial charge in [0.1, 0.15) is 22.3 Å². The molecule has 0 saturated carbocycles. The third-order valence-electron chi connectivity index (χ3n) is 11.8. The molecule has 3 aliphatic rings. The van der Waals surface area contributed by atoms with Crippen LogP contribution in [0.5, 0.6) is 0 Å². The van der Waals surface area contributed by atoms with Crippen molar-refractivity contribution in [3.8, 4) is 17.2 Å². The van der Waals surface area contributed by atoms with E-state index in [-0.39, 0.29) is 0 Å². The Morgan fingerprint density at radius 2 is 1.35 bits per heavy atom. The molecule has 0 radical (unpaired) electrons. The lowest BCUT2D eigenvalue weighted by molar-refractivity contribution is 0.667. The molecule has 9 aromatic rings. The third-order valence-corrected chi connectivity index (χ3v) is 11.8. The largest absolute Gasteiger partial charge is 0.455 e. The van der Waals surface area contributed by atoms with Crippen molar-refractivity contribution in [1.82, 2.24) is 14.5 Å². The second kappa shape index (κ2) is 11.9. The molecule has 12 rings (SSSR count). The molecule has 0 spiro atoms. The predicted octanol–water partition coefficient (Wildman–Crippen LogP) is 11.5. The minimum Gasteiger partial charge on any atom is -0.455 e. The van der Waals surface area contributed by atoms with Crippen LogP contribution in [0.25, 0.3) is 101 Å². The lowest BCUT2D eigenvalue weighted by Crippen LogP contribution is -2.35. The summed E-state index contributed by atoms with van der Waals surface area (Å²) < 4.78 is 15.6. The zero-order chi connectivity index (χ0) is 36.0. The van der Waals surface area contributed by atoms with Crippen LogP contribution < -0.4 is 10.6 Å². The summed E-state index contributed by atoms with van der Waals surface area (Å²) in [4.78, 5) is 10.9. The quantitative estimate of drug-likeness (QED) is 0.183. The first-order valence-corrected chi connectivity index (χ1v) is 19.4. The summed E-state index contributed by atoms with van der Waals surface area (Å²) in [6.45, 7) is 0. The topological polar surface area (TPSA) is 57.0 Å². The maximum absolute atomic E-state index is 6.76. The lowest BCUT2D eigenvalue weighted by atomic mass is 9.90. The zero-order valence-corrected chi connectivity index (χ0v) is 30.2. The molecule has 0 bridgehead atoms. The highest BCUT2D eigenvalue weighted by molar-refractivity contribution is 6.19. The molecule has 0 atom stereocenters. The smallest absolute Gasteiger partial charge is 0.235 e. The van der Waals surface area contributed by atoms with Crippen molar-refractivity contribution in [2.45, 2.75) is 38.5 Å². The van der Waals surface area contributed by atoms with Gasteiger partial charge in [0.15, 0.2) is 0 Å². The fourth-order valence-electron chi connectivity index (χ4n) is 9.25. The Hall–Kier alpha value is -6.72. The van der Waals surface area contributed by atoms with Gasteiger partial charge < -0.3 is 8.83 Å². The molecular weight excluding hydrogens is 675 g/mol. The van der Waals surface area contributed by atoms with E-state index in [0.717, 1.165) is 126 Å². The van der Waals surface area contributed by atoms with Gasteiger partial charge in [0.25, 0.3) is 0 Å². The Kier molecular flexibility index (Phi) is 6.64. The normalized spacial score (nSPS) is 15.3. The molecule has 262 valence electrons. The monoisotopic (exact) mass is 709 g/mol. The summed E-state index contributed by atoms with van der Waals surface area (Å²) in [5, 5.41) is 7.72. The number of allylic oxidation sites excluding steroid dienone is 5. The summed E-state index contributed by atoms with van der Waals surface area (Å²) >= 11 is 0. The summed E-state index contributed by atoms with van der Waals surface area (Å²) in [7, 11) is 0. The molecule has 0 N–H and O–H groups in total. The Bertz CT molecular complexity index is 3330. The van der Waals surface area contributed by atoms with Gasteiger partial charge in [0.2, 0.25) is 5.95 Å². The molecule has 0 unspecified atom stereocenters. The van der Waals surface area contributed by atoms with Gasteiger partial charge in [-0.2, -0.15) is 0 Å². The van der Waals surface area contributed by atoms with Gasteiger partial charge in [-0.15, -0.1) is 0 Å². The van der Waals surface area contributed by atoms with Crippen LogP contribution in [0, 0.1) is 0 Å². The van der Waals surface area contributed by atoms with Crippen molar-refractivity contribution in [2.75, 3.05) is 0 Å². The highest BCUT2D eigenvalue weighted by Crippen LogP contribution is 2.45. The van der Waals surface area contributed by atoms with Crippen LogP contribution in [-0.4, -0.2) is 14.5 Å². The van der Waals surface area contributed by atoms with E-state index in [1.807, 2.05) is 12.1 Å². The number of nitrogens with zero attached hydrogens (tertiary/aromatic N) is 3. The minimum absolute atomic E-state index is 0.695. The summed E-state index contributed by atoms with van der Waals surface area (Å²) in [5.74, 6) is 0.695. The fraction of sp³-hybridized carbons (Fsp3) is 0.120. The van der Waals surface area contributed by atoms with Crippen LogP contribution >= 0.6 is 0 Å². The first-order valence-electron chi connectivity index (χ1n) is 19.4. The Balaban J connectivity index is 1.13. The summed E-state index contributed by atoms with van der Waals surface area (Å²) in [6.07, 6.45) is 19.6. The third kappa shape index (κ3) is 4.66. The van der Waals surface area contributed by atoms with E-state index in [1.165, 1.54) is 22.4 Å². The minimum atomic E-state index is 0.695. The number of hydrogen-bond acceptors (Lipinski definition) is 4. The molecule has 55 heavy (non-hydrogen) atoms. The first kappa shape index (κ1) is 30.7. The van der Waals surface area contributed by atoms with Crippen LogP contribution in [0.4, 0.5) is 0 Å². The first-order chi connectivity index (χ1) is 27.3. The van der Waals surface area contributed by atoms with E-state index in [2.05, 4.69) is 132 Å². The standard InChI is InChI=1S/C50H35N3O2/c1-2-12-30(13-3-1)31-14-10-15-33(28-31)47-39-18-4-7-21-41(39)51-50(52-47)53-42-26-24-32(34-19-11-20-37-35-16-5-8-22-44(35)54-48(34)37)29-40(42)46-43(53)27-25-38-36-17-6-9-23-45(36)55-49(38)46/h2,5-6,8-23,25,27-29H,1,3-4,7,24,26H2. The van der Waals surface area contributed by atoms with Gasteiger partial charge in [0.05, 0.1) is 21.9 Å². The maximum Gasteiger partial charge on any atom is 0.235 e. The number of rotatable bonds is 4. The van der Waals surface area contributed by atoms with Crippen molar-refractivity contribution >= 4 is 84.2 Å². The highest BCUT2D eigenvalue weighted by Gasteiger charge is 2.28. The number of para-hydroxylation sites is 3. The van der Waals surface area contributed by atoms with Crippen molar-refractivity contribution in [3.05, 3.63) is 154 Å². The van der Waals surface area contributed by atoms with Gasteiger partial charge in [-0.05, 0) is 91.6 Å². The van der Waals surface area contributed by atoms with Crippen molar-refractivity contribution < 1.29 is 8.83 Å². The molecular formula is C50H35N3O2. The fourth-order valence-corrected chi connectivity index (χ4v) is 9.25. The predicted molar refractivity (Wildman–Crippen MR) is 225 cm³/mol. The summed E-state index contributed by atoms with van der Waals surface area (Å²) in [5.41, 5.74) is 14.0. The lowest BCUT2D eigenvalue weighted by Gasteiger charge is -2.18. The zero-order valence-electron chi connectivity index (χ0n) is 30.2. The van der Waals surface area contributed by atoms with Gasteiger partial charge >= 0.3 is 0 Å². The Labute approximate surface area is 316 Å². The van der Waals surface area contributed by atoms with Gasteiger partial charge in [-0.25, -0.2) is 9.97 Å². The second-order valence-corrected chi connectivity index (χ2v) is 15.0. The molecule has 5 aromatic carbocycles. The van der Waals surface area contributed by atoms with E-state index >= 15 is 0 Å². The van der Waals surface area contributed by atoms with Gasteiger partial charge in [0, 0.05) is 49.1 Å². The van der Waals surface area contributed by atoms with Crippen molar-refractivity contribution in [2.24, 2.45) is 0 Å². The molecule has 0 amide bonds. The van der Waals surface area contributed by atoms with E-state index in [4.69, 9.17) is 18.8 Å². The number of benzene rings is 5. The van der Waals surface area contributed by atoms with E-state index < -0.39 is 0 Å². The second-order valence-electron chi connectivity index (χ2n) is 15.0. The van der Waals surface area contributed by atoms with Crippen molar-refractivity contribution in [3.63, 3.8) is 0 Å². The summed E-state index contributed by atoms with van der Waals surface area (Å²) in [6, 6.07) is 36.5. The van der Waals surface area contributed by atoms with E-state index in [0.29, 0.717) is 5.95 Å². The average molecular weight is 710 g/mol. The Morgan fingerprint density at radius 1 is 0.600 bits per heavy atom. The van der Waals surface area contributed by atoms with Gasteiger partial charge in [-0.1, -0.05) is 103 Å². The molecule has 4 aromatic heterocycles. The molecule has 4 heterocycles. The van der Waals surface area contributed by atoms with Crippen LogP contribution in [0.15, 0.2) is 130 Å². The molecule has 5 nitrogen and oxygen atoms in total. The molecule has 0 saturated heterocycles. The molecule has 0 aliphatic heterocycles. The van der Waals surface area contributed by atoms with Gasteiger partial charge in [-0.3, -0.25) is 4.57 Å². The van der Waals surface area contributed by atoms with Crippen LogP contribution in [0.3, 0.4) is 0 Å². The number of furan rings is 2. The molecule has 0 fully saturated rings. The molecule has 5 heteroatoms. The van der Waals surface area contributed by atoms with Crippen molar-refractivity contribution in [1.29, 1.82) is 0 Å².